The number of aliphatic hydroxyl groups is 2. The molecule has 35 heavy (non-hydrogen) atoms. The van der Waals surface area contributed by atoms with Gasteiger partial charge in [0.1, 0.15) is 29.7 Å². The van der Waals surface area contributed by atoms with Crippen molar-refractivity contribution >= 4 is 34.8 Å². The highest BCUT2D eigenvalue weighted by molar-refractivity contribution is 7.99. The second kappa shape index (κ2) is 10.8. The van der Waals surface area contributed by atoms with Crippen molar-refractivity contribution in [3.05, 3.63) is 12.7 Å². The number of piperidine rings is 1. The zero-order chi connectivity index (χ0) is 25.2. The second-order valence-electron chi connectivity index (χ2n) is 9.97. The third-order valence-corrected chi connectivity index (χ3v) is 7.18. The summed E-state index contributed by atoms with van der Waals surface area (Å²) in [5, 5.41) is 24.1. The van der Waals surface area contributed by atoms with Crippen molar-refractivity contribution in [2.75, 3.05) is 36.9 Å². The van der Waals surface area contributed by atoms with E-state index in [4.69, 9.17) is 15.2 Å². The lowest BCUT2D eigenvalue weighted by Gasteiger charge is -2.32. The topological polar surface area (TPSA) is 161 Å². The van der Waals surface area contributed by atoms with E-state index in [9.17, 15) is 15.0 Å². The smallest absolute Gasteiger partial charge is 0.407 e. The molecule has 2 aliphatic heterocycles. The summed E-state index contributed by atoms with van der Waals surface area (Å²) in [7, 11) is 0. The molecule has 5 N–H and O–H groups in total. The monoisotopic (exact) mass is 509 g/mol. The summed E-state index contributed by atoms with van der Waals surface area (Å²) in [4.78, 5) is 26.6. The van der Waals surface area contributed by atoms with Crippen LogP contribution < -0.4 is 11.1 Å². The largest absolute Gasteiger partial charge is 0.444 e. The molecule has 0 bridgehead atoms. The number of carbonyl (C=O) groups is 1. The number of hydrogen-bond acceptors (Lipinski definition) is 11. The number of hydrogen-bond donors (Lipinski definition) is 4. The molecule has 2 aromatic rings. The number of rotatable bonds is 7. The normalized spacial score (nSPS) is 26.3. The average Bonchev–Trinajstić information content (AvgIpc) is 3.33. The van der Waals surface area contributed by atoms with Crippen LogP contribution in [-0.4, -0.2) is 102 Å². The third-order valence-electron chi connectivity index (χ3n) is 6.14. The lowest BCUT2D eigenvalue weighted by Crippen LogP contribution is -2.46. The molecule has 0 aliphatic carbocycles. The summed E-state index contributed by atoms with van der Waals surface area (Å²) in [5.74, 6) is 1.67. The Balaban J connectivity index is 1.18. The maximum Gasteiger partial charge on any atom is 0.407 e. The highest BCUT2D eigenvalue weighted by Crippen LogP contribution is 2.33. The van der Waals surface area contributed by atoms with Crippen LogP contribution in [0.25, 0.3) is 11.2 Å². The average molecular weight is 510 g/mol. The fourth-order valence-electron chi connectivity index (χ4n) is 4.32. The number of fused-ring (bicyclic) bond motifs is 1. The minimum Gasteiger partial charge on any atom is -0.444 e. The number of anilines is 1. The summed E-state index contributed by atoms with van der Waals surface area (Å²) in [6.45, 7) is 8.28. The van der Waals surface area contributed by atoms with Crippen LogP contribution in [0.4, 0.5) is 10.6 Å². The molecule has 2 aromatic heterocycles. The maximum atomic E-state index is 12.0. The van der Waals surface area contributed by atoms with E-state index in [2.05, 4.69) is 25.2 Å². The molecule has 0 radical (unpaired) electrons. The number of aromatic nitrogens is 4. The van der Waals surface area contributed by atoms with Crippen LogP contribution in [0.1, 0.15) is 39.8 Å². The minimum atomic E-state index is -1.11. The molecule has 4 heterocycles. The Morgan fingerprint density at radius 2 is 2.00 bits per heavy atom. The second-order valence-corrected chi connectivity index (χ2v) is 11.1. The number of alkyl carbamates (subject to hydrolysis) is 1. The van der Waals surface area contributed by atoms with Gasteiger partial charge in [-0.3, -0.25) is 4.57 Å². The number of ether oxygens (including phenoxy) is 2. The molecule has 12 nitrogen and oxygen atoms in total. The van der Waals surface area contributed by atoms with Gasteiger partial charge in [-0.2, -0.15) is 11.8 Å². The van der Waals surface area contributed by atoms with E-state index in [0.717, 1.165) is 38.2 Å². The van der Waals surface area contributed by atoms with Gasteiger partial charge < -0.3 is 35.6 Å². The van der Waals surface area contributed by atoms with Crippen molar-refractivity contribution in [3.63, 3.8) is 0 Å². The van der Waals surface area contributed by atoms with Gasteiger partial charge in [-0.05, 0) is 33.6 Å². The van der Waals surface area contributed by atoms with Gasteiger partial charge in [-0.25, -0.2) is 19.7 Å². The number of nitrogen functional groups attached to an aromatic ring is 1. The number of imidazole rings is 1. The standard InChI is InChI=1S/C22H35N7O5S/c1-22(2,3)34-21(32)27-13-4-6-28(7-5-13)8-9-35-10-14-16(30)17(31)20(33-14)29-12-26-15-18(23)24-11-25-19(15)29/h11-14,16-17,20,30-31H,4-10H2,1-3H3,(H,27,32)(H2,23,24,25)/t14-,16-,17-,20-/m1/s1. The third kappa shape index (κ3) is 6.33. The van der Waals surface area contributed by atoms with Gasteiger partial charge in [0.05, 0.1) is 12.4 Å². The molecule has 13 heteroatoms. The molecule has 2 aliphatic rings. The Hall–Kier alpha value is -2.19. The van der Waals surface area contributed by atoms with E-state index in [1.807, 2.05) is 20.8 Å². The molecule has 4 atom stereocenters. The van der Waals surface area contributed by atoms with Gasteiger partial charge in [0.25, 0.3) is 0 Å². The fraction of sp³-hybridized carbons (Fsp3) is 0.727. The summed E-state index contributed by atoms with van der Waals surface area (Å²) in [6, 6.07) is 0.133. The molecule has 4 rings (SSSR count). The van der Waals surface area contributed by atoms with Gasteiger partial charge in [0.15, 0.2) is 17.7 Å². The first-order valence-electron chi connectivity index (χ1n) is 11.9. The van der Waals surface area contributed by atoms with E-state index in [-0.39, 0.29) is 18.0 Å². The highest BCUT2D eigenvalue weighted by atomic mass is 32.2. The highest BCUT2D eigenvalue weighted by Gasteiger charge is 2.44. The number of nitrogens with one attached hydrogen (secondary N) is 1. The van der Waals surface area contributed by atoms with E-state index in [0.29, 0.717) is 16.9 Å². The summed E-state index contributed by atoms with van der Waals surface area (Å²) in [5.41, 5.74) is 6.22. The minimum absolute atomic E-state index is 0.133. The first kappa shape index (κ1) is 25.9. The van der Waals surface area contributed by atoms with Crippen LogP contribution in [-0.2, 0) is 9.47 Å². The molecule has 194 valence electrons. The number of carbonyl (C=O) groups excluding carboxylic acids is 1. The summed E-state index contributed by atoms with van der Waals surface area (Å²) in [6.07, 6.45) is 0.799. The van der Waals surface area contributed by atoms with Crippen LogP contribution in [0.3, 0.4) is 0 Å². The van der Waals surface area contributed by atoms with Gasteiger partial charge in [-0.1, -0.05) is 0 Å². The maximum absolute atomic E-state index is 12.0. The Labute approximate surface area is 208 Å². The van der Waals surface area contributed by atoms with E-state index in [1.54, 1.807) is 16.3 Å². The quantitative estimate of drug-likeness (QED) is 0.390. The van der Waals surface area contributed by atoms with Crippen molar-refractivity contribution in [2.45, 2.75) is 69.8 Å². The van der Waals surface area contributed by atoms with Crippen LogP contribution >= 0.6 is 11.8 Å². The Morgan fingerprint density at radius 3 is 2.71 bits per heavy atom. The van der Waals surface area contributed by atoms with E-state index in [1.165, 1.54) is 12.7 Å². The molecular formula is C22H35N7O5S. The Morgan fingerprint density at radius 1 is 1.26 bits per heavy atom. The number of aliphatic hydroxyl groups excluding tert-OH is 2. The predicted molar refractivity (Wildman–Crippen MR) is 132 cm³/mol. The first-order valence-corrected chi connectivity index (χ1v) is 13.0. The molecule has 2 saturated heterocycles. The van der Waals surface area contributed by atoms with Crippen LogP contribution in [0.2, 0.25) is 0 Å². The first-order chi connectivity index (χ1) is 16.6. The van der Waals surface area contributed by atoms with Crippen LogP contribution in [0.5, 0.6) is 0 Å². The summed E-state index contributed by atoms with van der Waals surface area (Å²) >= 11 is 1.68. The zero-order valence-electron chi connectivity index (χ0n) is 20.3. The zero-order valence-corrected chi connectivity index (χ0v) is 21.1. The molecule has 0 unspecified atom stereocenters. The Kier molecular flexibility index (Phi) is 8.01. The Bertz CT molecular complexity index is 1010. The predicted octanol–water partition coefficient (Wildman–Crippen LogP) is 0.750. The van der Waals surface area contributed by atoms with Crippen LogP contribution in [0.15, 0.2) is 12.7 Å². The van der Waals surface area contributed by atoms with Gasteiger partial charge >= 0.3 is 6.09 Å². The van der Waals surface area contributed by atoms with Crippen LogP contribution in [0, 0.1) is 0 Å². The van der Waals surface area contributed by atoms with Crippen molar-refractivity contribution < 1.29 is 24.5 Å². The summed E-state index contributed by atoms with van der Waals surface area (Å²) < 4.78 is 12.9. The van der Waals surface area contributed by atoms with Gasteiger partial charge in [-0.15, -0.1) is 0 Å². The number of thioether (sulfide) groups is 1. The molecule has 0 saturated carbocycles. The van der Waals surface area contributed by atoms with Crippen molar-refractivity contribution in [2.24, 2.45) is 0 Å². The molecule has 0 spiro atoms. The fourth-order valence-corrected chi connectivity index (χ4v) is 5.38. The lowest BCUT2D eigenvalue weighted by atomic mass is 10.1. The van der Waals surface area contributed by atoms with E-state index >= 15 is 0 Å². The van der Waals surface area contributed by atoms with Crippen molar-refractivity contribution in [1.82, 2.24) is 29.7 Å². The van der Waals surface area contributed by atoms with E-state index < -0.39 is 30.1 Å². The number of amides is 1. The lowest BCUT2D eigenvalue weighted by molar-refractivity contribution is -0.0289. The number of likely N-dealkylation sites (tertiary alicyclic amines) is 1. The molecule has 1 amide bonds. The van der Waals surface area contributed by atoms with Gasteiger partial charge in [0, 0.05) is 37.2 Å². The number of nitrogens with zero attached hydrogens (tertiary/aromatic N) is 5. The number of nitrogens with two attached hydrogens (primary N) is 1. The molecular weight excluding hydrogens is 474 g/mol. The molecule has 2 fully saturated rings. The SMILES string of the molecule is CC(C)(C)OC(=O)NC1CCN(CCSC[C@H]2O[C@@H](n3cnc4c(N)ncnc43)[C@H](O)[C@@H]2O)CC1. The molecule has 0 aromatic carbocycles. The van der Waals surface area contributed by atoms with Crippen molar-refractivity contribution in [1.29, 1.82) is 0 Å². The van der Waals surface area contributed by atoms with Gasteiger partial charge in [0.2, 0.25) is 0 Å². The van der Waals surface area contributed by atoms with Crippen molar-refractivity contribution in [3.8, 4) is 0 Å².